The summed E-state index contributed by atoms with van der Waals surface area (Å²) in [4.78, 5) is 0. The monoisotopic (exact) mass is 578 g/mol. The van der Waals surface area contributed by atoms with Crippen LogP contribution in [0, 0.1) is 0 Å². The molecule has 0 saturated heterocycles. The number of ether oxygens (including phenoxy) is 2. The van der Waals surface area contributed by atoms with Crippen molar-refractivity contribution in [1.29, 1.82) is 0 Å². The van der Waals surface area contributed by atoms with E-state index in [1.807, 2.05) is 0 Å². The summed E-state index contributed by atoms with van der Waals surface area (Å²) in [5.41, 5.74) is 0. The van der Waals surface area contributed by atoms with Crippen molar-refractivity contribution in [1.82, 2.24) is 0 Å². The van der Waals surface area contributed by atoms with Gasteiger partial charge in [0.25, 0.3) is 0 Å². The highest BCUT2D eigenvalue weighted by Crippen LogP contribution is 2.64. The number of hydrogen-bond acceptors (Lipinski definition) is 2. The van der Waals surface area contributed by atoms with Gasteiger partial charge in [0, 0.05) is 19.6 Å². The summed E-state index contributed by atoms with van der Waals surface area (Å²) in [7, 11) is -1.06. The molecule has 210 valence electrons. The van der Waals surface area contributed by atoms with E-state index in [9.17, 15) is 74.6 Å². The first-order chi connectivity index (χ1) is 15.2. The maximum absolute atomic E-state index is 13.8. The van der Waals surface area contributed by atoms with Gasteiger partial charge in [0.15, 0.2) is 0 Å². The standard InChI is InChI=1S/C15H15F17O2Si/c1-3-33-7(34-4-2)35-6-5-8(16,17)9(18,19)10(20,21)11(22,23)12(24,25)13(26,27)14(28,29)15(30,31)32/h7H,3-6H2,1-2H3. The first-order valence-electron chi connectivity index (χ1n) is 8.92. The van der Waals surface area contributed by atoms with Crippen LogP contribution >= 0.6 is 0 Å². The normalized spacial score (nSPS) is 15.8. The van der Waals surface area contributed by atoms with E-state index < -0.39 is 75.5 Å². The van der Waals surface area contributed by atoms with Gasteiger partial charge in [0.1, 0.15) is 15.4 Å². The second-order valence-electron chi connectivity index (χ2n) is 6.60. The van der Waals surface area contributed by atoms with Gasteiger partial charge in [-0.15, -0.1) is 0 Å². The highest BCUT2D eigenvalue weighted by Gasteiger charge is 2.95. The number of halogens is 17. The van der Waals surface area contributed by atoms with E-state index in [4.69, 9.17) is 9.47 Å². The Bertz CT molecular complexity index is 685. The van der Waals surface area contributed by atoms with Crippen molar-refractivity contribution in [3.63, 3.8) is 0 Å². The van der Waals surface area contributed by atoms with Gasteiger partial charge in [0.2, 0.25) is 0 Å². The Morgan fingerprint density at radius 3 is 1.14 bits per heavy atom. The van der Waals surface area contributed by atoms with Crippen LogP contribution in [0.4, 0.5) is 74.6 Å². The smallest absolute Gasteiger partial charge is 0.357 e. The van der Waals surface area contributed by atoms with Crippen LogP contribution in [0.2, 0.25) is 6.04 Å². The molecule has 0 rings (SSSR count). The van der Waals surface area contributed by atoms with Crippen LogP contribution in [0.15, 0.2) is 0 Å². The molecule has 0 aliphatic heterocycles. The van der Waals surface area contributed by atoms with Gasteiger partial charge in [-0.05, 0) is 13.8 Å². The minimum Gasteiger partial charge on any atom is -0.357 e. The molecular weight excluding hydrogens is 563 g/mol. The summed E-state index contributed by atoms with van der Waals surface area (Å²) in [6.07, 6.45) is -10.3. The van der Waals surface area contributed by atoms with E-state index in [-0.39, 0.29) is 13.2 Å². The van der Waals surface area contributed by atoms with E-state index >= 15 is 0 Å². The van der Waals surface area contributed by atoms with Crippen LogP contribution in [0.25, 0.3) is 0 Å². The van der Waals surface area contributed by atoms with Gasteiger partial charge >= 0.3 is 47.6 Å². The molecule has 35 heavy (non-hydrogen) atoms. The predicted octanol–water partition coefficient (Wildman–Crippen LogP) is 6.87. The molecule has 0 heterocycles. The number of hydrogen-bond donors (Lipinski definition) is 0. The highest BCUT2D eigenvalue weighted by atomic mass is 28.2. The topological polar surface area (TPSA) is 18.5 Å². The van der Waals surface area contributed by atoms with Gasteiger partial charge in [-0.2, -0.15) is 74.6 Å². The Hall–Kier alpha value is -1.05. The molecule has 0 amide bonds. The van der Waals surface area contributed by atoms with Crippen LogP contribution in [0.5, 0.6) is 0 Å². The Balaban J connectivity index is 6.21. The van der Waals surface area contributed by atoms with Gasteiger partial charge < -0.3 is 9.47 Å². The van der Waals surface area contributed by atoms with E-state index in [1.165, 1.54) is 13.8 Å². The van der Waals surface area contributed by atoms with E-state index in [2.05, 4.69) is 0 Å². The third-order valence-corrected chi connectivity index (χ3v) is 5.38. The number of rotatable bonds is 14. The van der Waals surface area contributed by atoms with E-state index in [0.29, 0.717) is 0 Å². The lowest BCUT2D eigenvalue weighted by molar-refractivity contribution is -0.461. The summed E-state index contributed by atoms with van der Waals surface area (Å²) in [5, 5.41) is 0. The lowest BCUT2D eigenvalue weighted by Crippen LogP contribution is -2.74. The molecule has 0 spiro atoms. The zero-order chi connectivity index (χ0) is 28.5. The first-order valence-corrected chi connectivity index (χ1v) is 10.2. The molecule has 0 aromatic heterocycles. The fourth-order valence-electron chi connectivity index (χ4n) is 2.17. The first kappa shape index (κ1) is 33.9. The van der Waals surface area contributed by atoms with Gasteiger partial charge in [0.05, 0.1) is 0 Å². The summed E-state index contributed by atoms with van der Waals surface area (Å²) in [6, 6.07) is -1.27. The van der Waals surface area contributed by atoms with Crippen LogP contribution in [0.1, 0.15) is 20.3 Å². The quantitative estimate of drug-likeness (QED) is 0.127. The fraction of sp³-hybridized carbons (Fsp3) is 1.00. The lowest BCUT2D eigenvalue weighted by atomic mass is 9.88. The Morgan fingerprint density at radius 2 is 0.829 bits per heavy atom. The Morgan fingerprint density at radius 1 is 0.514 bits per heavy atom. The van der Waals surface area contributed by atoms with Crippen molar-refractivity contribution >= 4 is 9.52 Å². The van der Waals surface area contributed by atoms with Crippen molar-refractivity contribution in [2.75, 3.05) is 13.2 Å². The van der Waals surface area contributed by atoms with Gasteiger partial charge in [-0.3, -0.25) is 0 Å². The molecule has 0 aromatic rings. The second-order valence-corrected chi connectivity index (χ2v) is 7.97. The molecule has 0 fully saturated rings. The van der Waals surface area contributed by atoms with Crippen molar-refractivity contribution in [3.05, 3.63) is 0 Å². The SMILES string of the molecule is CCOC(OCC)[Si]CCC(F)(F)C(F)(F)C(F)(F)C(F)(F)C(F)(F)C(F)(F)C(F)(F)C(F)(F)F. The highest BCUT2D eigenvalue weighted by molar-refractivity contribution is 6.36. The minimum atomic E-state index is -8.61. The maximum atomic E-state index is 13.8. The maximum Gasteiger partial charge on any atom is 0.460 e. The molecule has 0 aliphatic rings. The lowest BCUT2D eigenvalue weighted by Gasteiger charge is -2.42. The zero-order valence-electron chi connectivity index (χ0n) is 17.1. The molecule has 2 nitrogen and oxygen atoms in total. The molecule has 0 atom stereocenters. The third-order valence-electron chi connectivity index (χ3n) is 4.17. The molecule has 0 bridgehead atoms. The summed E-state index contributed by atoms with van der Waals surface area (Å²) in [5.74, 6) is -57.5. The Kier molecular flexibility index (Phi) is 10.1. The number of alkyl halides is 17. The zero-order valence-corrected chi connectivity index (χ0v) is 18.1. The molecular formula is C15H15F17O2Si. The predicted molar refractivity (Wildman–Crippen MR) is 82.9 cm³/mol. The fourth-order valence-corrected chi connectivity index (χ4v) is 3.43. The van der Waals surface area contributed by atoms with Crippen molar-refractivity contribution < 1.29 is 84.1 Å². The van der Waals surface area contributed by atoms with Crippen LogP contribution < -0.4 is 0 Å². The minimum absolute atomic E-state index is 0.139. The van der Waals surface area contributed by atoms with Crippen molar-refractivity contribution in [2.45, 2.75) is 79.9 Å². The van der Waals surface area contributed by atoms with Crippen molar-refractivity contribution in [2.24, 2.45) is 0 Å². The second kappa shape index (κ2) is 10.4. The van der Waals surface area contributed by atoms with Crippen LogP contribution in [0.3, 0.4) is 0 Å². The summed E-state index contributed by atoms with van der Waals surface area (Å²) >= 11 is 0. The average Bonchev–Trinajstić information content (AvgIpc) is 2.66. The van der Waals surface area contributed by atoms with Gasteiger partial charge in [-0.1, -0.05) is 6.04 Å². The molecule has 0 N–H and O–H groups in total. The summed E-state index contributed by atoms with van der Waals surface area (Å²) in [6.45, 7) is 2.42. The molecule has 0 saturated carbocycles. The Labute approximate surface area is 187 Å². The molecule has 20 heteroatoms. The van der Waals surface area contributed by atoms with Crippen LogP contribution in [-0.4, -0.2) is 76.3 Å². The largest absolute Gasteiger partial charge is 0.460 e. The van der Waals surface area contributed by atoms with E-state index in [0.717, 1.165) is 0 Å². The molecule has 0 aliphatic carbocycles. The third kappa shape index (κ3) is 5.62. The average molecular weight is 578 g/mol. The molecule has 2 radical (unpaired) electrons. The molecule has 0 aromatic carbocycles. The van der Waals surface area contributed by atoms with Crippen molar-refractivity contribution in [3.8, 4) is 0 Å². The van der Waals surface area contributed by atoms with E-state index in [1.54, 1.807) is 0 Å². The van der Waals surface area contributed by atoms with Crippen LogP contribution in [-0.2, 0) is 9.47 Å². The van der Waals surface area contributed by atoms with Gasteiger partial charge in [-0.25, -0.2) is 0 Å². The summed E-state index contributed by atoms with van der Waals surface area (Å²) < 4.78 is 233. The molecule has 0 unspecified atom stereocenters.